The maximum absolute atomic E-state index is 9.77. The summed E-state index contributed by atoms with van der Waals surface area (Å²) in [6.07, 6.45) is -3.42. The number of hydrogen-bond donors (Lipinski definition) is 6. The van der Waals surface area contributed by atoms with E-state index in [1.165, 1.54) is 0 Å². The van der Waals surface area contributed by atoms with E-state index in [4.69, 9.17) is 30.6 Å². The van der Waals surface area contributed by atoms with Crippen LogP contribution in [0.1, 0.15) is 0 Å². The van der Waals surface area contributed by atoms with E-state index in [9.17, 15) is 19.2 Å². The molecule has 18 heavy (non-hydrogen) atoms. The molecule has 0 spiro atoms. The van der Waals surface area contributed by atoms with Crippen molar-refractivity contribution in [3.8, 4) is 0 Å². The van der Waals surface area contributed by atoms with E-state index in [0.29, 0.717) is 12.2 Å². The molecular weight excluding hydrogens is 256 g/mol. The Kier molecular flexibility index (Phi) is 8.63. The molecule has 0 aromatic heterocycles. The molecule has 2 unspecified atom stereocenters. The van der Waals surface area contributed by atoms with Crippen LogP contribution in [-0.4, -0.2) is 66.7 Å². The highest BCUT2D eigenvalue weighted by atomic mass is 16.4. The maximum atomic E-state index is 9.77. The van der Waals surface area contributed by atoms with Gasteiger partial charge in [0, 0.05) is 12.2 Å². The highest BCUT2D eigenvalue weighted by molar-refractivity contribution is 5.89. The summed E-state index contributed by atoms with van der Waals surface area (Å²) in [7, 11) is 0. The SMILES string of the molecule is O=C(O)/C=C\C(=O)O.O=C(O)C(O)C(O)C(=O)O. The Hall–Kier alpha value is -2.46. The first-order valence-corrected chi connectivity index (χ1v) is 4.05. The molecule has 0 heterocycles. The van der Waals surface area contributed by atoms with Crippen molar-refractivity contribution in [1.29, 1.82) is 0 Å². The highest BCUT2D eigenvalue weighted by Gasteiger charge is 2.29. The van der Waals surface area contributed by atoms with Crippen LogP contribution in [0.5, 0.6) is 0 Å². The van der Waals surface area contributed by atoms with Gasteiger partial charge in [-0.15, -0.1) is 0 Å². The molecule has 0 aliphatic rings. The molecule has 0 aromatic carbocycles. The lowest BCUT2D eigenvalue weighted by Crippen LogP contribution is -2.39. The fourth-order valence-electron chi connectivity index (χ4n) is 0.413. The van der Waals surface area contributed by atoms with E-state index in [1.807, 2.05) is 0 Å². The van der Waals surface area contributed by atoms with Crippen molar-refractivity contribution in [3.63, 3.8) is 0 Å². The molecule has 2 atom stereocenters. The van der Waals surface area contributed by atoms with Crippen LogP contribution in [0.4, 0.5) is 0 Å². The summed E-state index contributed by atoms with van der Waals surface area (Å²) in [5, 5.41) is 48.2. The van der Waals surface area contributed by atoms with Crippen molar-refractivity contribution < 1.29 is 49.8 Å². The number of rotatable bonds is 5. The van der Waals surface area contributed by atoms with Crippen LogP contribution in [0.2, 0.25) is 0 Å². The molecule has 0 aromatic rings. The molecule has 6 N–H and O–H groups in total. The molecule has 0 rings (SSSR count). The molecule has 0 aliphatic heterocycles. The highest BCUT2D eigenvalue weighted by Crippen LogP contribution is 1.92. The minimum Gasteiger partial charge on any atom is -0.479 e. The average molecular weight is 266 g/mol. The van der Waals surface area contributed by atoms with Crippen molar-refractivity contribution in [2.24, 2.45) is 0 Å². The van der Waals surface area contributed by atoms with Gasteiger partial charge in [0.25, 0.3) is 0 Å². The summed E-state index contributed by atoms with van der Waals surface area (Å²) in [4.78, 5) is 38.7. The number of carbonyl (C=O) groups is 4. The summed E-state index contributed by atoms with van der Waals surface area (Å²) < 4.78 is 0. The first kappa shape index (κ1) is 17.9. The fraction of sp³-hybridized carbons (Fsp3) is 0.250. The standard InChI is InChI=1S/C4H6O6.C4H4O4/c5-1(3(7)8)2(6)4(9)10;5-3(6)1-2-4(7)8/h1-2,5-6H,(H,7,8)(H,9,10);1-2H,(H,5,6)(H,7,8)/b;2-1-. The van der Waals surface area contributed by atoms with Crippen LogP contribution in [-0.2, 0) is 19.2 Å². The Morgan fingerprint density at radius 2 is 0.889 bits per heavy atom. The van der Waals surface area contributed by atoms with Gasteiger partial charge in [0.05, 0.1) is 0 Å². The number of aliphatic hydroxyl groups is 2. The summed E-state index contributed by atoms with van der Waals surface area (Å²) in [5.41, 5.74) is 0. The molecule has 10 heteroatoms. The minimum atomic E-state index is -2.27. The molecule has 0 fully saturated rings. The van der Waals surface area contributed by atoms with Crippen LogP contribution in [0, 0.1) is 0 Å². The fourth-order valence-corrected chi connectivity index (χ4v) is 0.413. The van der Waals surface area contributed by atoms with Crippen LogP contribution in [0.15, 0.2) is 12.2 Å². The zero-order valence-corrected chi connectivity index (χ0v) is 8.63. The zero-order valence-electron chi connectivity index (χ0n) is 8.63. The van der Waals surface area contributed by atoms with Gasteiger partial charge in [-0.1, -0.05) is 0 Å². The lowest BCUT2D eigenvalue weighted by molar-refractivity contribution is -0.165. The van der Waals surface area contributed by atoms with Crippen LogP contribution >= 0.6 is 0 Å². The van der Waals surface area contributed by atoms with E-state index in [0.717, 1.165) is 0 Å². The molecule has 0 saturated carbocycles. The lowest BCUT2D eigenvalue weighted by Gasteiger charge is -2.07. The zero-order chi connectivity index (χ0) is 14.9. The third-order valence-corrected chi connectivity index (χ3v) is 1.17. The van der Waals surface area contributed by atoms with Gasteiger partial charge in [0.1, 0.15) is 0 Å². The van der Waals surface area contributed by atoms with Crippen LogP contribution in [0.3, 0.4) is 0 Å². The Labute approximate surface area is 99.0 Å². The predicted molar refractivity (Wildman–Crippen MR) is 51.7 cm³/mol. The Morgan fingerprint density at radius 1 is 0.667 bits per heavy atom. The normalized spacial score (nSPS) is 13.0. The second kappa shape index (κ2) is 8.66. The maximum Gasteiger partial charge on any atom is 0.335 e. The van der Waals surface area contributed by atoms with E-state index < -0.39 is 36.1 Å². The van der Waals surface area contributed by atoms with Gasteiger partial charge in [-0.25, -0.2) is 19.2 Å². The molecule has 0 bridgehead atoms. The molecule has 10 nitrogen and oxygen atoms in total. The summed E-state index contributed by atoms with van der Waals surface area (Å²) in [5.74, 6) is -6.05. The molecule has 0 saturated heterocycles. The van der Waals surface area contributed by atoms with Gasteiger partial charge in [-0.3, -0.25) is 0 Å². The number of hydrogen-bond acceptors (Lipinski definition) is 6. The van der Waals surface area contributed by atoms with Crippen LogP contribution in [0.25, 0.3) is 0 Å². The summed E-state index contributed by atoms with van der Waals surface area (Å²) >= 11 is 0. The minimum absolute atomic E-state index is 0.558. The van der Waals surface area contributed by atoms with E-state index in [-0.39, 0.29) is 0 Å². The lowest BCUT2D eigenvalue weighted by atomic mass is 10.2. The quantitative estimate of drug-likeness (QED) is 0.292. The first-order valence-electron chi connectivity index (χ1n) is 4.05. The Balaban J connectivity index is 0. The Morgan fingerprint density at radius 3 is 1.00 bits per heavy atom. The smallest absolute Gasteiger partial charge is 0.335 e. The van der Waals surface area contributed by atoms with Gasteiger partial charge in [-0.05, 0) is 0 Å². The Bertz CT molecular complexity index is 323. The van der Waals surface area contributed by atoms with Crippen molar-refractivity contribution in [2.45, 2.75) is 12.2 Å². The monoisotopic (exact) mass is 266 g/mol. The second-order valence-corrected chi connectivity index (χ2v) is 2.58. The summed E-state index contributed by atoms with van der Waals surface area (Å²) in [6, 6.07) is 0. The number of aliphatic hydroxyl groups excluding tert-OH is 2. The largest absolute Gasteiger partial charge is 0.479 e. The molecule has 0 amide bonds. The first-order chi connectivity index (χ1) is 8.09. The van der Waals surface area contributed by atoms with Gasteiger partial charge in [0.15, 0.2) is 12.2 Å². The number of aliphatic carboxylic acids is 4. The van der Waals surface area contributed by atoms with Crippen LogP contribution < -0.4 is 0 Å². The van der Waals surface area contributed by atoms with Crippen molar-refractivity contribution in [1.82, 2.24) is 0 Å². The van der Waals surface area contributed by atoms with Gasteiger partial charge >= 0.3 is 23.9 Å². The third-order valence-electron chi connectivity index (χ3n) is 1.17. The van der Waals surface area contributed by atoms with Gasteiger partial charge < -0.3 is 30.6 Å². The molecule has 0 radical (unpaired) electrons. The van der Waals surface area contributed by atoms with Crippen molar-refractivity contribution in [3.05, 3.63) is 12.2 Å². The topological polar surface area (TPSA) is 190 Å². The molecular formula is C8H10O10. The van der Waals surface area contributed by atoms with E-state index in [2.05, 4.69) is 0 Å². The second-order valence-electron chi connectivity index (χ2n) is 2.58. The van der Waals surface area contributed by atoms with E-state index >= 15 is 0 Å². The number of carboxylic acids is 4. The molecule has 0 aliphatic carbocycles. The van der Waals surface area contributed by atoms with Crippen molar-refractivity contribution in [2.75, 3.05) is 0 Å². The van der Waals surface area contributed by atoms with Gasteiger partial charge in [-0.2, -0.15) is 0 Å². The predicted octanol–water partition coefficient (Wildman–Crippen LogP) is -2.41. The van der Waals surface area contributed by atoms with Crippen molar-refractivity contribution >= 4 is 23.9 Å². The third kappa shape index (κ3) is 10.1. The van der Waals surface area contributed by atoms with Gasteiger partial charge in [0.2, 0.25) is 0 Å². The average Bonchev–Trinajstić information content (AvgIpc) is 2.24. The van der Waals surface area contributed by atoms with E-state index in [1.54, 1.807) is 0 Å². The molecule has 102 valence electrons. The summed E-state index contributed by atoms with van der Waals surface area (Å²) in [6.45, 7) is 0. The number of carboxylic acid groups (broad SMARTS) is 4.